The summed E-state index contributed by atoms with van der Waals surface area (Å²) in [5, 5.41) is 3.04. The van der Waals surface area contributed by atoms with Gasteiger partial charge in [0, 0.05) is 12.5 Å². The Morgan fingerprint density at radius 3 is 2.14 bits per heavy atom. The van der Waals surface area contributed by atoms with E-state index in [0.29, 0.717) is 23.7 Å². The number of benzene rings is 2. The second-order valence-electron chi connectivity index (χ2n) is 6.62. The molecule has 0 aliphatic heterocycles. The number of carbonyl (C=O) groups is 1. The lowest BCUT2D eigenvalue weighted by Crippen LogP contribution is -2.27. The molecule has 2 aromatic rings. The van der Waals surface area contributed by atoms with Gasteiger partial charge in [-0.3, -0.25) is 4.79 Å². The van der Waals surface area contributed by atoms with Gasteiger partial charge in [0.15, 0.2) is 11.5 Å². The molecule has 152 valence electrons. The molecule has 0 aliphatic rings. The number of hydrogen-bond donors (Lipinski definition) is 1. The van der Waals surface area contributed by atoms with Gasteiger partial charge in [-0.15, -0.1) is 0 Å². The van der Waals surface area contributed by atoms with Crippen LogP contribution >= 0.6 is 0 Å². The van der Waals surface area contributed by atoms with Crippen molar-refractivity contribution in [2.24, 2.45) is 0 Å². The fraction of sp³-hybridized carbons (Fsp3) is 0.409. The summed E-state index contributed by atoms with van der Waals surface area (Å²) in [6, 6.07) is 11.1. The first-order valence-corrected chi connectivity index (χ1v) is 9.16. The number of hydrogen-bond acceptors (Lipinski definition) is 5. The van der Waals surface area contributed by atoms with Crippen molar-refractivity contribution in [1.29, 1.82) is 0 Å². The van der Waals surface area contributed by atoms with Gasteiger partial charge < -0.3 is 24.3 Å². The largest absolute Gasteiger partial charge is 0.497 e. The van der Waals surface area contributed by atoms with Crippen molar-refractivity contribution in [2.75, 3.05) is 28.4 Å². The summed E-state index contributed by atoms with van der Waals surface area (Å²) in [5.41, 5.74) is 1.91. The smallest absolute Gasteiger partial charge is 0.221 e. The van der Waals surface area contributed by atoms with Crippen LogP contribution in [0.5, 0.6) is 23.0 Å². The summed E-state index contributed by atoms with van der Waals surface area (Å²) in [5.74, 6) is 2.69. The normalized spacial score (nSPS) is 12.6. The maximum atomic E-state index is 12.6. The summed E-state index contributed by atoms with van der Waals surface area (Å²) in [4.78, 5) is 12.6. The van der Waals surface area contributed by atoms with Crippen LogP contribution in [0.1, 0.15) is 43.4 Å². The molecule has 0 radical (unpaired) electrons. The second-order valence-corrected chi connectivity index (χ2v) is 6.62. The monoisotopic (exact) mass is 387 g/mol. The molecule has 1 amide bonds. The molecule has 0 heterocycles. The summed E-state index contributed by atoms with van der Waals surface area (Å²) in [6.07, 6.45) is 0.348. The third kappa shape index (κ3) is 5.09. The fourth-order valence-electron chi connectivity index (χ4n) is 3.12. The standard InChI is InChI=1S/C22H29NO5/c1-14(18-9-8-17(25-3)13-20(18)27-5)11-22(24)23-15(2)16-7-10-19(26-4)21(12-16)28-6/h7-10,12-15H,11H2,1-6H3,(H,23,24). The van der Waals surface area contributed by atoms with Crippen molar-refractivity contribution < 1.29 is 23.7 Å². The average molecular weight is 387 g/mol. The fourth-order valence-corrected chi connectivity index (χ4v) is 3.12. The average Bonchev–Trinajstić information content (AvgIpc) is 2.72. The first-order chi connectivity index (χ1) is 13.4. The van der Waals surface area contributed by atoms with Crippen LogP contribution in [0.25, 0.3) is 0 Å². The summed E-state index contributed by atoms with van der Waals surface area (Å²) < 4.78 is 21.3. The molecule has 2 rings (SSSR count). The van der Waals surface area contributed by atoms with E-state index in [1.165, 1.54) is 0 Å². The Bertz CT molecular complexity index is 806. The van der Waals surface area contributed by atoms with Crippen molar-refractivity contribution >= 4 is 5.91 Å². The van der Waals surface area contributed by atoms with E-state index in [4.69, 9.17) is 18.9 Å². The van der Waals surface area contributed by atoms with Crippen molar-refractivity contribution in [1.82, 2.24) is 5.32 Å². The van der Waals surface area contributed by atoms with Crippen LogP contribution in [-0.4, -0.2) is 34.3 Å². The van der Waals surface area contributed by atoms with E-state index in [2.05, 4.69) is 5.32 Å². The Morgan fingerprint density at radius 1 is 0.857 bits per heavy atom. The minimum Gasteiger partial charge on any atom is -0.497 e. The molecule has 2 aromatic carbocycles. The first kappa shape index (κ1) is 21.4. The van der Waals surface area contributed by atoms with Crippen LogP contribution in [0.15, 0.2) is 36.4 Å². The highest BCUT2D eigenvalue weighted by atomic mass is 16.5. The molecular formula is C22H29NO5. The Morgan fingerprint density at radius 2 is 1.54 bits per heavy atom. The van der Waals surface area contributed by atoms with Crippen molar-refractivity contribution in [3.63, 3.8) is 0 Å². The van der Waals surface area contributed by atoms with Gasteiger partial charge in [0.1, 0.15) is 11.5 Å². The first-order valence-electron chi connectivity index (χ1n) is 9.16. The zero-order valence-corrected chi connectivity index (χ0v) is 17.4. The van der Waals surface area contributed by atoms with E-state index in [1.54, 1.807) is 28.4 Å². The third-order valence-corrected chi connectivity index (χ3v) is 4.75. The molecule has 2 unspecified atom stereocenters. The molecule has 0 aliphatic carbocycles. The van der Waals surface area contributed by atoms with Crippen LogP contribution in [-0.2, 0) is 4.79 Å². The molecule has 1 N–H and O–H groups in total. The molecule has 0 fully saturated rings. The molecular weight excluding hydrogens is 358 g/mol. The predicted molar refractivity (Wildman–Crippen MR) is 109 cm³/mol. The van der Waals surface area contributed by atoms with Gasteiger partial charge in [-0.2, -0.15) is 0 Å². The van der Waals surface area contributed by atoms with Crippen LogP contribution in [0, 0.1) is 0 Å². The van der Waals surface area contributed by atoms with Gasteiger partial charge >= 0.3 is 0 Å². The highest BCUT2D eigenvalue weighted by molar-refractivity contribution is 5.77. The number of ether oxygens (including phenoxy) is 4. The maximum absolute atomic E-state index is 12.6. The molecule has 2 atom stereocenters. The molecule has 0 spiro atoms. The SMILES string of the molecule is COc1ccc(C(C)CC(=O)NC(C)c2ccc(OC)c(OC)c2)c(OC)c1. The lowest BCUT2D eigenvalue weighted by molar-refractivity contribution is -0.122. The van der Waals surface area contributed by atoms with Gasteiger partial charge in [0.2, 0.25) is 5.91 Å². The topological polar surface area (TPSA) is 66.0 Å². The number of rotatable bonds is 9. The molecule has 0 aromatic heterocycles. The molecule has 28 heavy (non-hydrogen) atoms. The quantitative estimate of drug-likeness (QED) is 0.702. The van der Waals surface area contributed by atoms with Gasteiger partial charge in [-0.25, -0.2) is 0 Å². The summed E-state index contributed by atoms with van der Waals surface area (Å²) in [7, 11) is 6.41. The summed E-state index contributed by atoms with van der Waals surface area (Å²) in [6.45, 7) is 3.95. The van der Waals surface area contributed by atoms with Crippen LogP contribution < -0.4 is 24.3 Å². The number of carbonyl (C=O) groups excluding carboxylic acids is 1. The molecule has 6 nitrogen and oxygen atoms in total. The van der Waals surface area contributed by atoms with Crippen LogP contribution in [0.4, 0.5) is 0 Å². The molecule has 0 bridgehead atoms. The third-order valence-electron chi connectivity index (χ3n) is 4.75. The van der Waals surface area contributed by atoms with E-state index < -0.39 is 0 Å². The Hall–Kier alpha value is -2.89. The lowest BCUT2D eigenvalue weighted by Gasteiger charge is -2.19. The van der Waals surface area contributed by atoms with E-state index in [0.717, 1.165) is 16.9 Å². The Balaban J connectivity index is 2.05. The van der Waals surface area contributed by atoms with Crippen LogP contribution in [0.3, 0.4) is 0 Å². The minimum absolute atomic E-state index is 0.00143. The molecule has 6 heteroatoms. The van der Waals surface area contributed by atoms with E-state index in [9.17, 15) is 4.79 Å². The van der Waals surface area contributed by atoms with Gasteiger partial charge in [0.25, 0.3) is 0 Å². The molecule has 0 saturated heterocycles. The van der Waals surface area contributed by atoms with Crippen molar-refractivity contribution in [2.45, 2.75) is 32.2 Å². The van der Waals surface area contributed by atoms with Gasteiger partial charge in [-0.1, -0.05) is 19.1 Å². The van der Waals surface area contributed by atoms with Crippen molar-refractivity contribution in [3.05, 3.63) is 47.5 Å². The minimum atomic E-state index is -0.155. The van der Waals surface area contributed by atoms with Crippen molar-refractivity contribution in [3.8, 4) is 23.0 Å². The van der Waals surface area contributed by atoms with E-state index in [-0.39, 0.29) is 17.9 Å². The molecule has 0 saturated carbocycles. The van der Waals surface area contributed by atoms with E-state index >= 15 is 0 Å². The Labute approximate surface area is 166 Å². The predicted octanol–water partition coefficient (Wildman–Crippen LogP) is 4.09. The maximum Gasteiger partial charge on any atom is 0.221 e. The highest BCUT2D eigenvalue weighted by Gasteiger charge is 2.18. The Kier molecular flexibility index (Phi) is 7.55. The number of methoxy groups -OCH3 is 4. The van der Waals surface area contributed by atoms with Crippen LogP contribution in [0.2, 0.25) is 0 Å². The number of nitrogens with one attached hydrogen (secondary N) is 1. The van der Waals surface area contributed by atoms with Gasteiger partial charge in [-0.05, 0) is 42.2 Å². The van der Waals surface area contributed by atoms with E-state index in [1.807, 2.05) is 50.2 Å². The number of amides is 1. The van der Waals surface area contributed by atoms with Gasteiger partial charge in [0.05, 0.1) is 34.5 Å². The zero-order valence-electron chi connectivity index (χ0n) is 17.4. The highest BCUT2D eigenvalue weighted by Crippen LogP contribution is 2.33. The lowest BCUT2D eigenvalue weighted by atomic mass is 9.96. The zero-order chi connectivity index (χ0) is 20.7. The second kappa shape index (κ2) is 9.88. The summed E-state index contributed by atoms with van der Waals surface area (Å²) >= 11 is 0.